The van der Waals surface area contributed by atoms with Crippen molar-refractivity contribution >= 4 is 5.91 Å². The maximum absolute atomic E-state index is 13.6. The number of allylic oxidation sites excluding steroid dienone is 16. The molecule has 3 saturated heterocycles. The van der Waals surface area contributed by atoms with E-state index in [0.717, 1.165) is 96.3 Å². The highest BCUT2D eigenvalue weighted by atomic mass is 16.8. The average Bonchev–Trinajstić information content (AvgIpc) is 0.778. The van der Waals surface area contributed by atoms with Gasteiger partial charge in [-0.05, 0) is 77.0 Å². The number of unbranched alkanes of at least 4 members (excludes halogenated alkanes) is 48. The Labute approximate surface area is 723 Å². The number of rotatable bonds is 80. The average molecular weight is 1680 g/mol. The number of amides is 1. The Morgan fingerprint density at radius 2 is 0.580 bits per heavy atom. The lowest BCUT2D eigenvalue weighted by Gasteiger charge is -2.48. The van der Waals surface area contributed by atoms with Crippen LogP contribution in [0.15, 0.2) is 97.2 Å². The van der Waals surface area contributed by atoms with Crippen LogP contribution in [0.4, 0.5) is 0 Å². The SMILES string of the molecule is CC/C=C\C/C=C\C/C=C\C/C=C\C/C=C\C/C=C\C/C=C\C/C=C\CCCCCCCCCCCCCCCCCCC(=O)NC(COC1OC(CO)C(OC2OC(CO)C(OC3OC(CO)C(O)C(O)C3O)C(O)C2O)C(O)C1O)C(O)CCCCCCCCCCCCCCCCCCCCCCCCCCCCCCCCCCC. The molecule has 119 heavy (non-hydrogen) atoms. The number of hydrogen-bond donors (Lipinski definition) is 12. The second-order valence-corrected chi connectivity index (χ2v) is 34.5. The van der Waals surface area contributed by atoms with E-state index in [0.29, 0.717) is 12.8 Å². The minimum absolute atomic E-state index is 0.239. The lowest BCUT2D eigenvalue weighted by molar-refractivity contribution is -0.379. The topological polar surface area (TPSA) is 307 Å². The highest BCUT2D eigenvalue weighted by molar-refractivity contribution is 5.76. The molecule has 0 aromatic rings. The van der Waals surface area contributed by atoms with Gasteiger partial charge >= 0.3 is 0 Å². The van der Waals surface area contributed by atoms with Crippen molar-refractivity contribution in [3.8, 4) is 0 Å². The first-order chi connectivity index (χ1) is 58.3. The molecule has 3 fully saturated rings. The molecule has 17 unspecified atom stereocenters. The minimum atomic E-state index is -1.98. The van der Waals surface area contributed by atoms with Crippen LogP contribution in [0, 0.1) is 0 Å². The van der Waals surface area contributed by atoms with Crippen molar-refractivity contribution in [2.24, 2.45) is 0 Å². The summed E-state index contributed by atoms with van der Waals surface area (Å²) < 4.78 is 34.6. The number of nitrogens with one attached hydrogen (secondary N) is 1. The van der Waals surface area contributed by atoms with Crippen LogP contribution in [0.2, 0.25) is 0 Å². The van der Waals surface area contributed by atoms with Crippen molar-refractivity contribution in [2.45, 2.75) is 503 Å². The van der Waals surface area contributed by atoms with Gasteiger partial charge in [-0.25, -0.2) is 0 Å². The van der Waals surface area contributed by atoms with E-state index in [9.17, 15) is 61.0 Å². The molecule has 692 valence electrons. The second-order valence-electron chi connectivity index (χ2n) is 34.5. The van der Waals surface area contributed by atoms with Gasteiger partial charge < -0.3 is 89.9 Å². The Morgan fingerprint density at radius 3 is 0.908 bits per heavy atom. The number of hydrogen-bond acceptors (Lipinski definition) is 18. The Morgan fingerprint density at radius 1 is 0.311 bits per heavy atom. The third-order valence-electron chi connectivity index (χ3n) is 23.9. The molecule has 3 aliphatic heterocycles. The summed E-state index contributed by atoms with van der Waals surface area (Å²) in [5.74, 6) is -0.239. The van der Waals surface area contributed by atoms with Gasteiger partial charge in [0, 0.05) is 6.42 Å². The highest BCUT2D eigenvalue weighted by Crippen LogP contribution is 2.34. The van der Waals surface area contributed by atoms with Crippen molar-refractivity contribution in [3.05, 3.63) is 97.2 Å². The van der Waals surface area contributed by atoms with Gasteiger partial charge in [0.2, 0.25) is 5.91 Å². The summed E-state index contributed by atoms with van der Waals surface area (Å²) in [6.07, 6.45) is 82.4. The first kappa shape index (κ1) is 110. The Bertz CT molecular complexity index is 2520. The monoisotopic (exact) mass is 1680 g/mol. The molecule has 3 rings (SSSR count). The molecule has 12 N–H and O–H groups in total. The smallest absolute Gasteiger partial charge is 0.220 e. The lowest BCUT2D eigenvalue weighted by atomic mass is 9.96. The third kappa shape index (κ3) is 55.7. The van der Waals surface area contributed by atoms with Gasteiger partial charge in [0.15, 0.2) is 18.9 Å². The van der Waals surface area contributed by atoms with E-state index < -0.39 is 124 Å². The summed E-state index contributed by atoms with van der Waals surface area (Å²) in [4.78, 5) is 13.6. The number of carbonyl (C=O) groups is 1. The molecule has 17 atom stereocenters. The van der Waals surface area contributed by atoms with Gasteiger partial charge in [-0.3, -0.25) is 4.79 Å². The highest BCUT2D eigenvalue weighted by Gasteiger charge is 2.54. The lowest BCUT2D eigenvalue weighted by Crippen LogP contribution is -2.66. The van der Waals surface area contributed by atoms with Crippen LogP contribution in [-0.4, -0.2) is 193 Å². The van der Waals surface area contributed by atoms with E-state index in [1.54, 1.807) is 0 Å². The van der Waals surface area contributed by atoms with Gasteiger partial charge in [0.05, 0.1) is 38.6 Å². The number of aliphatic hydroxyl groups is 11. The molecule has 19 heteroatoms. The van der Waals surface area contributed by atoms with E-state index in [2.05, 4.69) is 116 Å². The van der Waals surface area contributed by atoms with Crippen LogP contribution in [0.25, 0.3) is 0 Å². The summed E-state index contributed by atoms with van der Waals surface area (Å²) in [5.41, 5.74) is 0. The van der Waals surface area contributed by atoms with Gasteiger partial charge in [-0.15, -0.1) is 0 Å². The molecule has 0 bridgehead atoms. The fourth-order valence-electron chi connectivity index (χ4n) is 16.2. The third-order valence-corrected chi connectivity index (χ3v) is 23.9. The van der Waals surface area contributed by atoms with Crippen molar-refractivity contribution in [1.82, 2.24) is 5.32 Å². The first-order valence-corrected chi connectivity index (χ1v) is 49.0. The Kier molecular flexibility index (Phi) is 72.2. The Balaban J connectivity index is 1.29. The van der Waals surface area contributed by atoms with E-state index in [1.165, 1.54) is 270 Å². The normalized spacial score (nSPS) is 24.6. The van der Waals surface area contributed by atoms with Crippen LogP contribution >= 0.6 is 0 Å². The molecule has 1 amide bonds. The summed E-state index contributed by atoms with van der Waals surface area (Å²) >= 11 is 0. The van der Waals surface area contributed by atoms with Crippen molar-refractivity contribution in [2.75, 3.05) is 26.4 Å². The van der Waals surface area contributed by atoms with Gasteiger partial charge in [0.25, 0.3) is 0 Å². The maximum atomic E-state index is 13.6. The molecule has 3 aliphatic rings. The molecule has 0 aromatic heterocycles. The van der Waals surface area contributed by atoms with Crippen LogP contribution in [0.3, 0.4) is 0 Å². The molecule has 19 nitrogen and oxygen atoms in total. The van der Waals surface area contributed by atoms with Crippen molar-refractivity contribution in [1.29, 1.82) is 0 Å². The van der Waals surface area contributed by atoms with Gasteiger partial charge in [-0.2, -0.15) is 0 Å². The molecular formula is C100H179NO18. The van der Waals surface area contributed by atoms with Crippen LogP contribution < -0.4 is 5.32 Å². The van der Waals surface area contributed by atoms with Crippen molar-refractivity contribution in [3.63, 3.8) is 0 Å². The summed E-state index contributed by atoms with van der Waals surface area (Å²) in [6, 6.07) is -0.894. The molecule has 0 aromatic carbocycles. The van der Waals surface area contributed by atoms with Crippen LogP contribution in [-0.2, 0) is 33.2 Å². The fourth-order valence-corrected chi connectivity index (χ4v) is 16.2. The molecular weight excluding hydrogens is 1500 g/mol. The number of ether oxygens (including phenoxy) is 6. The zero-order chi connectivity index (χ0) is 85.9. The van der Waals surface area contributed by atoms with E-state index in [1.807, 2.05) is 0 Å². The molecule has 0 saturated carbocycles. The molecule has 0 radical (unpaired) electrons. The summed E-state index contributed by atoms with van der Waals surface area (Å²) in [5, 5.41) is 122. The van der Waals surface area contributed by atoms with E-state index in [-0.39, 0.29) is 18.9 Å². The molecule has 0 aliphatic carbocycles. The quantitative estimate of drug-likeness (QED) is 0.0199. The summed E-state index contributed by atoms with van der Waals surface area (Å²) in [7, 11) is 0. The van der Waals surface area contributed by atoms with E-state index in [4.69, 9.17) is 28.4 Å². The zero-order valence-corrected chi connectivity index (χ0v) is 75.1. The summed E-state index contributed by atoms with van der Waals surface area (Å²) in [6.45, 7) is 1.75. The van der Waals surface area contributed by atoms with E-state index >= 15 is 0 Å². The Hall–Kier alpha value is -3.29. The number of aliphatic hydroxyl groups excluding tert-OH is 11. The maximum Gasteiger partial charge on any atom is 0.220 e. The molecule has 3 heterocycles. The minimum Gasteiger partial charge on any atom is -0.394 e. The zero-order valence-electron chi connectivity index (χ0n) is 75.1. The number of carbonyl (C=O) groups excluding carboxylic acids is 1. The van der Waals surface area contributed by atoms with Gasteiger partial charge in [0.1, 0.15) is 73.2 Å². The van der Waals surface area contributed by atoms with Crippen LogP contribution in [0.5, 0.6) is 0 Å². The largest absolute Gasteiger partial charge is 0.394 e. The predicted octanol–water partition coefficient (Wildman–Crippen LogP) is 20.2. The van der Waals surface area contributed by atoms with Gasteiger partial charge in [-0.1, -0.05) is 413 Å². The standard InChI is InChI=1S/C100H179NO18/c1-3-5-7-9-11-13-15-17-19-21-23-25-27-29-31-33-35-37-38-39-40-41-42-43-44-46-48-50-52-54-56-58-60-62-64-66-68-70-72-74-76-78-88(106)101-83(84(105)77-75-73-71-69-67-65-63-61-59-57-55-53-51-49-47-45-36-34-32-30-28-26-24-22-20-18-16-14-12-10-8-6-4-2)82-114-98-94(112)91(109)96(86(80-103)116-98)119-100-95(113)92(110)97(87(81-104)117-100)118-99-93(111)90(108)89(107)85(79-102)115-99/h5,7,11,13,17,19,23,25,29,31,35,37,39-40,42-43,83-87,89-100,102-105,107-113H,3-4,6,8-10,12,14-16,18,20-22,24,26-28,30,32-34,36,38,41,44-82H2,1-2H3,(H,101,106)/b7-5-,13-11-,19-17-,25-23-,31-29-,37-35-,40-39-,43-42-. The van der Waals surface area contributed by atoms with Crippen molar-refractivity contribution < 1.29 is 89.4 Å². The predicted molar refractivity (Wildman–Crippen MR) is 484 cm³/mol. The molecule has 0 spiro atoms. The van der Waals surface area contributed by atoms with Crippen LogP contribution in [0.1, 0.15) is 399 Å². The fraction of sp³-hybridized carbons (Fsp3) is 0.830. The first-order valence-electron chi connectivity index (χ1n) is 49.0. The second kappa shape index (κ2) is 78.2.